The van der Waals surface area contributed by atoms with E-state index < -0.39 is 21.5 Å². The van der Waals surface area contributed by atoms with Crippen LogP contribution >= 0.6 is 23.1 Å². The first-order valence-corrected chi connectivity index (χ1v) is 11.3. The number of sulfone groups is 1. The number of nitrogens with zero attached hydrogens (tertiary/aromatic N) is 1. The van der Waals surface area contributed by atoms with Crippen molar-refractivity contribution in [3.8, 4) is 0 Å². The molecule has 0 aliphatic carbocycles. The number of rotatable bonds is 6. The SMILES string of the molecule is CSc1cccc2sc(NC(=O)CS(=O)(=O)Cc3ccccc3)nc12. The van der Waals surface area contributed by atoms with Crippen LogP contribution in [0.25, 0.3) is 10.2 Å². The Hall–Kier alpha value is -1.90. The smallest absolute Gasteiger partial charge is 0.241 e. The van der Waals surface area contributed by atoms with Gasteiger partial charge in [0, 0.05) is 4.90 Å². The molecule has 25 heavy (non-hydrogen) atoms. The molecule has 0 spiro atoms. The van der Waals surface area contributed by atoms with E-state index in [2.05, 4.69) is 10.3 Å². The van der Waals surface area contributed by atoms with Gasteiger partial charge in [0.25, 0.3) is 0 Å². The van der Waals surface area contributed by atoms with Crippen molar-refractivity contribution < 1.29 is 13.2 Å². The molecule has 1 heterocycles. The standard InChI is InChI=1S/C17H16N2O3S3/c1-23-13-8-5-9-14-16(13)19-17(24-14)18-15(20)11-25(21,22)10-12-6-3-2-4-7-12/h2-9H,10-11H2,1H3,(H,18,19,20). The number of hydrogen-bond donors (Lipinski definition) is 1. The molecule has 8 heteroatoms. The van der Waals surface area contributed by atoms with E-state index in [1.807, 2.05) is 30.5 Å². The first kappa shape index (κ1) is 17.9. The predicted molar refractivity (Wildman–Crippen MR) is 104 cm³/mol. The maximum atomic E-state index is 12.2. The molecule has 0 saturated carbocycles. The third-order valence-electron chi connectivity index (χ3n) is 3.43. The Kier molecular flexibility index (Phi) is 5.41. The average molecular weight is 393 g/mol. The van der Waals surface area contributed by atoms with Crippen LogP contribution in [0.5, 0.6) is 0 Å². The van der Waals surface area contributed by atoms with E-state index in [0.29, 0.717) is 10.7 Å². The minimum atomic E-state index is -3.54. The predicted octanol–water partition coefficient (Wildman–Crippen LogP) is 3.57. The van der Waals surface area contributed by atoms with Crippen molar-refractivity contribution in [1.29, 1.82) is 0 Å². The fourth-order valence-corrected chi connectivity index (χ4v) is 5.19. The maximum Gasteiger partial charge on any atom is 0.241 e. The summed E-state index contributed by atoms with van der Waals surface area (Å²) in [7, 11) is -3.54. The lowest BCUT2D eigenvalue weighted by Crippen LogP contribution is -2.23. The Balaban J connectivity index is 1.70. The van der Waals surface area contributed by atoms with Crippen LogP contribution in [0.2, 0.25) is 0 Å². The van der Waals surface area contributed by atoms with Crippen molar-refractivity contribution in [2.45, 2.75) is 10.6 Å². The Morgan fingerprint density at radius 3 is 2.64 bits per heavy atom. The third kappa shape index (κ3) is 4.59. The van der Waals surface area contributed by atoms with Crippen LogP contribution < -0.4 is 5.32 Å². The van der Waals surface area contributed by atoms with Crippen molar-refractivity contribution in [3.05, 3.63) is 54.1 Å². The number of thiazole rings is 1. The number of benzene rings is 2. The molecule has 0 saturated heterocycles. The van der Waals surface area contributed by atoms with E-state index >= 15 is 0 Å². The molecule has 0 atom stereocenters. The van der Waals surface area contributed by atoms with Gasteiger partial charge >= 0.3 is 0 Å². The molecule has 0 unspecified atom stereocenters. The first-order valence-electron chi connectivity index (χ1n) is 7.44. The molecule has 0 fully saturated rings. The van der Waals surface area contributed by atoms with Gasteiger partial charge in [0.05, 0.1) is 16.0 Å². The molecular weight excluding hydrogens is 376 g/mol. The van der Waals surface area contributed by atoms with Crippen molar-refractivity contribution >= 4 is 54.2 Å². The quantitative estimate of drug-likeness (QED) is 0.649. The number of carbonyl (C=O) groups is 1. The normalized spacial score (nSPS) is 11.6. The van der Waals surface area contributed by atoms with E-state index in [9.17, 15) is 13.2 Å². The molecule has 0 radical (unpaired) electrons. The van der Waals surface area contributed by atoms with Crippen molar-refractivity contribution in [2.75, 3.05) is 17.3 Å². The van der Waals surface area contributed by atoms with E-state index in [0.717, 1.165) is 15.1 Å². The molecule has 2 aromatic carbocycles. The Morgan fingerprint density at radius 2 is 1.92 bits per heavy atom. The van der Waals surface area contributed by atoms with Gasteiger partial charge < -0.3 is 5.32 Å². The zero-order valence-corrected chi connectivity index (χ0v) is 15.9. The summed E-state index contributed by atoms with van der Waals surface area (Å²) in [5.74, 6) is -1.29. The van der Waals surface area contributed by atoms with Crippen molar-refractivity contribution in [3.63, 3.8) is 0 Å². The average Bonchev–Trinajstić information content (AvgIpc) is 2.96. The molecule has 0 bridgehead atoms. The second-order valence-electron chi connectivity index (χ2n) is 5.39. The second kappa shape index (κ2) is 7.55. The largest absolute Gasteiger partial charge is 0.301 e. The van der Waals surface area contributed by atoms with Crippen molar-refractivity contribution in [1.82, 2.24) is 4.98 Å². The summed E-state index contributed by atoms with van der Waals surface area (Å²) in [6, 6.07) is 14.6. The van der Waals surface area contributed by atoms with Gasteiger partial charge in [0.2, 0.25) is 5.91 Å². The Morgan fingerprint density at radius 1 is 1.16 bits per heavy atom. The number of carbonyl (C=O) groups excluding carboxylic acids is 1. The zero-order valence-electron chi connectivity index (χ0n) is 13.4. The monoisotopic (exact) mass is 392 g/mol. The van der Waals surface area contributed by atoms with Gasteiger partial charge in [0.15, 0.2) is 15.0 Å². The van der Waals surface area contributed by atoms with E-state index in [4.69, 9.17) is 0 Å². The lowest BCUT2D eigenvalue weighted by molar-refractivity contribution is -0.113. The highest BCUT2D eigenvalue weighted by atomic mass is 32.2. The van der Waals surface area contributed by atoms with E-state index in [-0.39, 0.29) is 5.75 Å². The van der Waals surface area contributed by atoms with Crippen LogP contribution in [0.4, 0.5) is 5.13 Å². The molecule has 5 nitrogen and oxygen atoms in total. The van der Waals surface area contributed by atoms with E-state index in [1.54, 1.807) is 36.0 Å². The summed E-state index contributed by atoms with van der Waals surface area (Å²) in [5, 5.41) is 3.02. The summed E-state index contributed by atoms with van der Waals surface area (Å²) < 4.78 is 25.3. The molecule has 1 N–H and O–H groups in total. The summed E-state index contributed by atoms with van der Waals surface area (Å²) in [6.07, 6.45) is 1.96. The molecule has 1 amide bonds. The van der Waals surface area contributed by atoms with Gasteiger partial charge in [-0.05, 0) is 24.0 Å². The molecule has 0 aliphatic heterocycles. The van der Waals surface area contributed by atoms with Gasteiger partial charge in [0.1, 0.15) is 5.75 Å². The number of nitrogens with one attached hydrogen (secondary N) is 1. The summed E-state index contributed by atoms with van der Waals surface area (Å²) in [6.45, 7) is 0. The Bertz CT molecular complexity index is 998. The summed E-state index contributed by atoms with van der Waals surface area (Å²) in [5.41, 5.74) is 1.49. The number of aromatic nitrogens is 1. The Labute approximate surface area is 154 Å². The van der Waals surface area contributed by atoms with Gasteiger partial charge in [-0.2, -0.15) is 0 Å². The molecular formula is C17H16N2O3S3. The fourth-order valence-electron chi connectivity index (χ4n) is 2.38. The summed E-state index contributed by atoms with van der Waals surface area (Å²) >= 11 is 2.91. The number of anilines is 1. The van der Waals surface area contributed by atoms with Gasteiger partial charge in [-0.1, -0.05) is 47.7 Å². The maximum absolute atomic E-state index is 12.2. The number of para-hydroxylation sites is 1. The number of thioether (sulfide) groups is 1. The van der Waals surface area contributed by atoms with Crippen LogP contribution in [0.3, 0.4) is 0 Å². The summed E-state index contributed by atoms with van der Waals surface area (Å²) in [4.78, 5) is 17.5. The minimum absolute atomic E-state index is 0.155. The van der Waals surface area contributed by atoms with Crippen molar-refractivity contribution in [2.24, 2.45) is 0 Å². The minimum Gasteiger partial charge on any atom is -0.301 e. The second-order valence-corrected chi connectivity index (χ2v) is 9.34. The topological polar surface area (TPSA) is 76.1 Å². The van der Waals surface area contributed by atoms with Crippen LogP contribution in [-0.4, -0.2) is 31.3 Å². The van der Waals surface area contributed by atoms with Crippen LogP contribution in [0.1, 0.15) is 5.56 Å². The molecule has 3 rings (SSSR count). The third-order valence-corrected chi connectivity index (χ3v) is 6.61. The van der Waals surface area contributed by atoms with Crippen LogP contribution in [0, 0.1) is 0 Å². The highest BCUT2D eigenvalue weighted by molar-refractivity contribution is 7.98. The molecule has 0 aliphatic rings. The lowest BCUT2D eigenvalue weighted by atomic mass is 10.2. The lowest BCUT2D eigenvalue weighted by Gasteiger charge is -2.04. The molecule has 1 aromatic heterocycles. The van der Waals surface area contributed by atoms with Gasteiger partial charge in [-0.3, -0.25) is 4.79 Å². The number of amides is 1. The van der Waals surface area contributed by atoms with Gasteiger partial charge in [-0.15, -0.1) is 11.8 Å². The molecule has 130 valence electrons. The zero-order chi connectivity index (χ0) is 17.9. The van der Waals surface area contributed by atoms with Crippen LogP contribution in [-0.2, 0) is 20.4 Å². The number of hydrogen-bond acceptors (Lipinski definition) is 6. The van der Waals surface area contributed by atoms with Gasteiger partial charge in [-0.25, -0.2) is 13.4 Å². The fraction of sp³-hybridized carbons (Fsp3) is 0.176. The van der Waals surface area contributed by atoms with Crippen LogP contribution in [0.15, 0.2) is 53.4 Å². The first-order chi connectivity index (χ1) is 12.0. The van der Waals surface area contributed by atoms with E-state index in [1.165, 1.54) is 11.3 Å². The molecule has 3 aromatic rings. The highest BCUT2D eigenvalue weighted by Crippen LogP contribution is 2.32. The number of fused-ring (bicyclic) bond motifs is 1. The highest BCUT2D eigenvalue weighted by Gasteiger charge is 2.19.